The minimum absolute atomic E-state index is 0.0375. The zero-order valence-corrected chi connectivity index (χ0v) is 12.2. The SMILES string of the molecule is Cn1ccc(CCNC(=O)c2cccc(I)c2)n1. The molecule has 0 saturated carbocycles. The van der Waals surface area contributed by atoms with Crippen molar-refractivity contribution < 1.29 is 4.79 Å². The second kappa shape index (κ2) is 5.99. The molecular weight excluding hydrogens is 341 g/mol. The van der Waals surface area contributed by atoms with Gasteiger partial charge in [-0.25, -0.2) is 0 Å². The van der Waals surface area contributed by atoms with Gasteiger partial charge in [0.15, 0.2) is 0 Å². The Morgan fingerprint density at radius 2 is 2.28 bits per heavy atom. The van der Waals surface area contributed by atoms with Gasteiger partial charge in [-0.1, -0.05) is 6.07 Å². The molecule has 2 aromatic rings. The monoisotopic (exact) mass is 355 g/mol. The number of carbonyl (C=O) groups is 1. The summed E-state index contributed by atoms with van der Waals surface area (Å²) in [5.41, 5.74) is 1.68. The number of nitrogens with one attached hydrogen (secondary N) is 1. The van der Waals surface area contributed by atoms with Crippen LogP contribution in [-0.4, -0.2) is 22.2 Å². The van der Waals surface area contributed by atoms with E-state index in [1.54, 1.807) is 4.68 Å². The molecule has 1 N–H and O–H groups in total. The molecule has 1 heterocycles. The summed E-state index contributed by atoms with van der Waals surface area (Å²) in [7, 11) is 1.88. The Kier molecular flexibility index (Phi) is 4.35. The molecule has 0 atom stereocenters. The van der Waals surface area contributed by atoms with E-state index in [-0.39, 0.29) is 5.91 Å². The number of rotatable bonds is 4. The lowest BCUT2D eigenvalue weighted by Gasteiger charge is -2.04. The average molecular weight is 355 g/mol. The summed E-state index contributed by atoms with van der Waals surface area (Å²) in [5, 5.41) is 7.15. The molecule has 94 valence electrons. The van der Waals surface area contributed by atoms with Crippen molar-refractivity contribution >= 4 is 28.5 Å². The summed E-state index contributed by atoms with van der Waals surface area (Å²) < 4.78 is 2.82. The van der Waals surface area contributed by atoms with Gasteiger partial charge in [-0.15, -0.1) is 0 Å². The minimum Gasteiger partial charge on any atom is -0.352 e. The number of hydrogen-bond donors (Lipinski definition) is 1. The molecule has 4 nitrogen and oxygen atoms in total. The van der Waals surface area contributed by atoms with Gasteiger partial charge in [-0.2, -0.15) is 5.10 Å². The van der Waals surface area contributed by atoms with Gasteiger partial charge >= 0.3 is 0 Å². The molecule has 2 rings (SSSR count). The molecule has 1 aromatic carbocycles. The average Bonchev–Trinajstić information content (AvgIpc) is 2.75. The topological polar surface area (TPSA) is 46.9 Å². The number of aryl methyl sites for hydroxylation is 1. The summed E-state index contributed by atoms with van der Waals surface area (Å²) in [6.45, 7) is 0.599. The molecule has 0 aliphatic rings. The van der Waals surface area contributed by atoms with E-state index in [1.807, 2.05) is 43.6 Å². The van der Waals surface area contributed by atoms with E-state index < -0.39 is 0 Å². The largest absolute Gasteiger partial charge is 0.352 e. The Hall–Kier alpha value is -1.37. The summed E-state index contributed by atoms with van der Waals surface area (Å²) >= 11 is 2.20. The number of benzene rings is 1. The fourth-order valence-corrected chi connectivity index (χ4v) is 2.18. The Morgan fingerprint density at radius 1 is 1.44 bits per heavy atom. The van der Waals surface area contributed by atoms with Crippen molar-refractivity contribution in [3.63, 3.8) is 0 Å². The Bertz CT molecular complexity index is 551. The molecule has 18 heavy (non-hydrogen) atoms. The van der Waals surface area contributed by atoms with Crippen LogP contribution in [0.1, 0.15) is 16.1 Å². The summed E-state index contributed by atoms with van der Waals surface area (Å²) in [6, 6.07) is 9.49. The quantitative estimate of drug-likeness (QED) is 0.853. The lowest BCUT2D eigenvalue weighted by molar-refractivity contribution is 0.0954. The van der Waals surface area contributed by atoms with E-state index in [4.69, 9.17) is 0 Å². The van der Waals surface area contributed by atoms with Crippen LogP contribution in [0.3, 0.4) is 0 Å². The van der Waals surface area contributed by atoms with Crippen molar-refractivity contribution in [3.05, 3.63) is 51.4 Å². The molecular formula is C13H14IN3O. The molecule has 1 aromatic heterocycles. The van der Waals surface area contributed by atoms with Crippen LogP contribution in [0.15, 0.2) is 36.5 Å². The molecule has 0 aliphatic heterocycles. The van der Waals surface area contributed by atoms with Crippen LogP contribution in [0.2, 0.25) is 0 Å². The molecule has 0 radical (unpaired) electrons. The number of amides is 1. The normalized spacial score (nSPS) is 10.3. The van der Waals surface area contributed by atoms with E-state index in [1.165, 1.54) is 0 Å². The van der Waals surface area contributed by atoms with E-state index in [0.29, 0.717) is 12.1 Å². The smallest absolute Gasteiger partial charge is 0.251 e. The highest BCUT2D eigenvalue weighted by Crippen LogP contribution is 2.07. The third kappa shape index (κ3) is 3.56. The van der Waals surface area contributed by atoms with Crippen molar-refractivity contribution in [1.29, 1.82) is 0 Å². The highest BCUT2D eigenvalue weighted by atomic mass is 127. The Morgan fingerprint density at radius 3 is 2.94 bits per heavy atom. The van der Waals surface area contributed by atoms with Crippen molar-refractivity contribution in [3.8, 4) is 0 Å². The lowest BCUT2D eigenvalue weighted by Crippen LogP contribution is -2.25. The molecule has 5 heteroatoms. The number of aromatic nitrogens is 2. The van der Waals surface area contributed by atoms with Crippen molar-refractivity contribution in [1.82, 2.24) is 15.1 Å². The van der Waals surface area contributed by atoms with Gasteiger partial charge in [0.1, 0.15) is 0 Å². The van der Waals surface area contributed by atoms with Gasteiger partial charge in [-0.05, 0) is 46.9 Å². The van der Waals surface area contributed by atoms with Crippen LogP contribution in [0, 0.1) is 3.57 Å². The Labute approximate surface area is 120 Å². The standard InChI is InChI=1S/C13H14IN3O/c1-17-8-6-12(16-17)5-7-15-13(18)10-3-2-4-11(14)9-10/h2-4,6,8-9H,5,7H2,1H3,(H,15,18). The zero-order valence-electron chi connectivity index (χ0n) is 10.1. The first-order valence-electron chi connectivity index (χ1n) is 5.67. The molecule has 0 unspecified atom stereocenters. The van der Waals surface area contributed by atoms with Crippen LogP contribution in [-0.2, 0) is 13.5 Å². The van der Waals surface area contributed by atoms with E-state index in [0.717, 1.165) is 15.7 Å². The summed E-state index contributed by atoms with van der Waals surface area (Å²) in [4.78, 5) is 11.9. The maximum Gasteiger partial charge on any atom is 0.251 e. The van der Waals surface area contributed by atoms with Crippen molar-refractivity contribution in [2.45, 2.75) is 6.42 Å². The maximum absolute atomic E-state index is 11.9. The van der Waals surface area contributed by atoms with Gasteiger partial charge in [0.2, 0.25) is 0 Å². The van der Waals surface area contributed by atoms with Gasteiger partial charge < -0.3 is 5.32 Å². The van der Waals surface area contributed by atoms with E-state index >= 15 is 0 Å². The Balaban J connectivity index is 1.85. The van der Waals surface area contributed by atoms with Crippen LogP contribution < -0.4 is 5.32 Å². The second-order valence-corrected chi connectivity index (χ2v) is 5.24. The summed E-state index contributed by atoms with van der Waals surface area (Å²) in [6.07, 6.45) is 2.65. The van der Waals surface area contributed by atoms with E-state index in [9.17, 15) is 4.79 Å². The highest BCUT2D eigenvalue weighted by Gasteiger charge is 2.05. The van der Waals surface area contributed by atoms with Crippen LogP contribution >= 0.6 is 22.6 Å². The molecule has 0 saturated heterocycles. The molecule has 0 bridgehead atoms. The zero-order chi connectivity index (χ0) is 13.0. The third-order valence-corrected chi connectivity index (χ3v) is 3.19. The van der Waals surface area contributed by atoms with E-state index in [2.05, 4.69) is 33.0 Å². The van der Waals surface area contributed by atoms with Gasteiger partial charge in [0.25, 0.3) is 5.91 Å². The third-order valence-electron chi connectivity index (χ3n) is 2.52. The summed E-state index contributed by atoms with van der Waals surface area (Å²) in [5.74, 6) is -0.0375. The molecule has 0 aliphatic carbocycles. The number of nitrogens with zero attached hydrogens (tertiary/aromatic N) is 2. The van der Waals surface area contributed by atoms with Gasteiger partial charge in [-0.3, -0.25) is 9.48 Å². The number of carbonyl (C=O) groups excluding carboxylic acids is 1. The highest BCUT2D eigenvalue weighted by molar-refractivity contribution is 14.1. The second-order valence-electron chi connectivity index (χ2n) is 4.00. The number of halogens is 1. The maximum atomic E-state index is 11.9. The van der Waals surface area contributed by atoms with Crippen LogP contribution in [0.5, 0.6) is 0 Å². The first-order valence-corrected chi connectivity index (χ1v) is 6.75. The van der Waals surface area contributed by atoms with Gasteiger partial charge in [0.05, 0.1) is 5.69 Å². The van der Waals surface area contributed by atoms with Gasteiger partial charge in [0, 0.05) is 35.3 Å². The fraction of sp³-hybridized carbons (Fsp3) is 0.231. The first-order chi connectivity index (χ1) is 8.65. The van der Waals surface area contributed by atoms with Crippen molar-refractivity contribution in [2.75, 3.05) is 6.54 Å². The van der Waals surface area contributed by atoms with Crippen LogP contribution in [0.4, 0.5) is 0 Å². The molecule has 0 spiro atoms. The van der Waals surface area contributed by atoms with Crippen molar-refractivity contribution in [2.24, 2.45) is 7.05 Å². The molecule has 1 amide bonds. The lowest BCUT2D eigenvalue weighted by atomic mass is 10.2. The predicted octanol–water partition coefficient (Wildman–Crippen LogP) is 2.00. The fourth-order valence-electron chi connectivity index (χ4n) is 1.63. The minimum atomic E-state index is -0.0375. The predicted molar refractivity (Wildman–Crippen MR) is 78.4 cm³/mol. The number of hydrogen-bond acceptors (Lipinski definition) is 2. The van der Waals surface area contributed by atoms with Crippen LogP contribution in [0.25, 0.3) is 0 Å². The molecule has 0 fully saturated rings. The first kappa shape index (κ1) is 13.1.